The summed E-state index contributed by atoms with van der Waals surface area (Å²) in [6.07, 6.45) is -0.532. The monoisotopic (exact) mass is 285 g/mol. The fraction of sp³-hybridized carbons (Fsp3) is 0.500. The van der Waals surface area contributed by atoms with Gasteiger partial charge in [0, 0.05) is 19.3 Å². The molecule has 0 saturated heterocycles. The molecule has 1 aromatic rings. The Morgan fingerprint density at radius 1 is 1.30 bits per heavy atom. The van der Waals surface area contributed by atoms with Gasteiger partial charge in [-0.15, -0.1) is 0 Å². The number of benzene rings is 1. The fourth-order valence-corrected chi connectivity index (χ4v) is 1.62. The van der Waals surface area contributed by atoms with Gasteiger partial charge in [0.2, 0.25) is 0 Å². The zero-order chi connectivity index (χ0) is 15.0. The second-order valence-corrected chi connectivity index (χ2v) is 3.90. The molecule has 0 atom stereocenters. The Kier molecular flexibility index (Phi) is 6.97. The summed E-state index contributed by atoms with van der Waals surface area (Å²) in [5.74, 6) is -0.790. The van der Waals surface area contributed by atoms with E-state index in [-0.39, 0.29) is 12.1 Å². The third kappa shape index (κ3) is 4.79. The van der Waals surface area contributed by atoms with E-state index < -0.39 is 18.0 Å². The first-order valence-corrected chi connectivity index (χ1v) is 6.47. The van der Waals surface area contributed by atoms with Crippen molar-refractivity contribution >= 4 is 5.91 Å². The van der Waals surface area contributed by atoms with Gasteiger partial charge in [-0.1, -0.05) is 0 Å². The molecular formula is C14H20FNO4. The lowest BCUT2D eigenvalue weighted by Crippen LogP contribution is -2.35. The smallest absolute Gasteiger partial charge is 0.254 e. The van der Waals surface area contributed by atoms with Crippen LogP contribution in [0, 0.1) is 5.82 Å². The van der Waals surface area contributed by atoms with E-state index in [1.165, 1.54) is 19.2 Å². The fourth-order valence-electron chi connectivity index (χ4n) is 1.62. The Balaban J connectivity index is 2.61. The van der Waals surface area contributed by atoms with E-state index in [2.05, 4.69) is 5.32 Å². The number of hydrogen-bond donors (Lipinski definition) is 1. The van der Waals surface area contributed by atoms with Crippen LogP contribution in [0.25, 0.3) is 0 Å². The Labute approximate surface area is 118 Å². The summed E-state index contributed by atoms with van der Waals surface area (Å²) in [5.41, 5.74) is -0.0439. The molecule has 0 unspecified atom stereocenters. The third-order valence-electron chi connectivity index (χ3n) is 2.56. The third-order valence-corrected chi connectivity index (χ3v) is 2.56. The summed E-state index contributed by atoms with van der Waals surface area (Å²) in [6.45, 7) is 4.76. The number of amides is 1. The summed E-state index contributed by atoms with van der Waals surface area (Å²) in [4.78, 5) is 11.9. The summed E-state index contributed by atoms with van der Waals surface area (Å²) in [6, 6.07) is 4.07. The molecule has 6 heteroatoms. The number of carbonyl (C=O) groups is 1. The molecule has 1 aromatic carbocycles. The van der Waals surface area contributed by atoms with Crippen molar-refractivity contribution in [2.75, 3.05) is 26.9 Å². The van der Waals surface area contributed by atoms with Crippen LogP contribution in [-0.2, 0) is 9.47 Å². The Morgan fingerprint density at radius 2 is 1.95 bits per heavy atom. The van der Waals surface area contributed by atoms with Gasteiger partial charge in [0.25, 0.3) is 5.91 Å². The minimum absolute atomic E-state index is 0.0439. The maximum Gasteiger partial charge on any atom is 0.254 e. The minimum Gasteiger partial charge on any atom is -0.497 e. The lowest BCUT2D eigenvalue weighted by Gasteiger charge is -2.17. The van der Waals surface area contributed by atoms with E-state index in [1.807, 2.05) is 13.8 Å². The van der Waals surface area contributed by atoms with Crippen LogP contribution in [0.4, 0.5) is 4.39 Å². The van der Waals surface area contributed by atoms with Crippen LogP contribution < -0.4 is 10.1 Å². The number of ether oxygens (including phenoxy) is 3. The van der Waals surface area contributed by atoms with Gasteiger partial charge in [0.15, 0.2) is 6.29 Å². The van der Waals surface area contributed by atoms with Crippen LogP contribution in [-0.4, -0.2) is 39.1 Å². The predicted octanol–water partition coefficient (Wildman–Crippen LogP) is 1.96. The molecule has 112 valence electrons. The minimum atomic E-state index is -0.633. The van der Waals surface area contributed by atoms with Crippen molar-refractivity contribution in [3.05, 3.63) is 29.6 Å². The highest BCUT2D eigenvalue weighted by Crippen LogP contribution is 2.16. The Hall–Kier alpha value is -1.66. The molecule has 1 amide bonds. The van der Waals surface area contributed by atoms with E-state index in [4.69, 9.17) is 14.2 Å². The van der Waals surface area contributed by atoms with Crippen molar-refractivity contribution in [3.8, 4) is 5.75 Å². The summed E-state index contributed by atoms with van der Waals surface area (Å²) < 4.78 is 29.2. The van der Waals surface area contributed by atoms with Crippen LogP contribution in [0.15, 0.2) is 18.2 Å². The van der Waals surface area contributed by atoms with E-state index in [0.717, 1.165) is 6.07 Å². The first kappa shape index (κ1) is 16.4. The largest absolute Gasteiger partial charge is 0.497 e. The second kappa shape index (κ2) is 8.50. The number of rotatable bonds is 8. The SMILES string of the molecule is CCOC(CNC(=O)c1ccc(OC)cc1F)OCC. The van der Waals surface area contributed by atoms with Crippen molar-refractivity contribution in [3.63, 3.8) is 0 Å². The van der Waals surface area contributed by atoms with Crippen molar-refractivity contribution in [1.82, 2.24) is 5.32 Å². The molecule has 0 aromatic heterocycles. The molecule has 0 spiro atoms. The van der Waals surface area contributed by atoms with Gasteiger partial charge in [-0.2, -0.15) is 0 Å². The molecule has 1 N–H and O–H groups in total. The highest BCUT2D eigenvalue weighted by atomic mass is 19.1. The summed E-state index contributed by atoms with van der Waals surface area (Å²) in [5, 5.41) is 2.58. The van der Waals surface area contributed by atoms with E-state index in [1.54, 1.807) is 0 Å². The van der Waals surface area contributed by atoms with Crippen LogP contribution in [0.2, 0.25) is 0 Å². The van der Waals surface area contributed by atoms with Crippen LogP contribution in [0.1, 0.15) is 24.2 Å². The molecule has 0 aliphatic carbocycles. The summed E-state index contributed by atoms with van der Waals surface area (Å²) in [7, 11) is 1.43. The number of nitrogens with one attached hydrogen (secondary N) is 1. The topological polar surface area (TPSA) is 56.8 Å². The van der Waals surface area contributed by atoms with Gasteiger partial charge in [-0.05, 0) is 26.0 Å². The molecule has 0 radical (unpaired) electrons. The van der Waals surface area contributed by atoms with E-state index in [0.29, 0.717) is 19.0 Å². The standard InChI is InChI=1S/C14H20FNO4/c1-4-19-13(20-5-2)9-16-14(17)11-7-6-10(18-3)8-12(11)15/h6-8,13H,4-5,9H2,1-3H3,(H,16,17). The number of carbonyl (C=O) groups excluding carboxylic acids is 1. The zero-order valence-electron chi connectivity index (χ0n) is 11.9. The second-order valence-electron chi connectivity index (χ2n) is 3.90. The first-order valence-electron chi connectivity index (χ1n) is 6.47. The van der Waals surface area contributed by atoms with Crippen LogP contribution in [0.3, 0.4) is 0 Å². The lowest BCUT2D eigenvalue weighted by molar-refractivity contribution is -0.131. The number of hydrogen-bond acceptors (Lipinski definition) is 4. The van der Waals surface area contributed by atoms with Crippen molar-refractivity contribution in [1.29, 1.82) is 0 Å². The molecule has 0 aliphatic heterocycles. The lowest BCUT2D eigenvalue weighted by atomic mass is 10.2. The first-order chi connectivity index (χ1) is 9.62. The van der Waals surface area contributed by atoms with Gasteiger partial charge in [0.05, 0.1) is 19.2 Å². The molecule has 0 bridgehead atoms. The zero-order valence-corrected chi connectivity index (χ0v) is 11.9. The average Bonchev–Trinajstić information content (AvgIpc) is 2.44. The summed E-state index contributed by atoms with van der Waals surface area (Å²) >= 11 is 0. The van der Waals surface area contributed by atoms with E-state index >= 15 is 0 Å². The van der Waals surface area contributed by atoms with Gasteiger partial charge in [0.1, 0.15) is 11.6 Å². The normalized spacial score (nSPS) is 10.7. The average molecular weight is 285 g/mol. The van der Waals surface area contributed by atoms with Crippen molar-refractivity contribution in [2.45, 2.75) is 20.1 Å². The molecule has 0 heterocycles. The predicted molar refractivity (Wildman–Crippen MR) is 72.3 cm³/mol. The van der Waals surface area contributed by atoms with Gasteiger partial charge in [-0.3, -0.25) is 4.79 Å². The molecule has 0 fully saturated rings. The quantitative estimate of drug-likeness (QED) is 0.742. The molecule has 20 heavy (non-hydrogen) atoms. The van der Waals surface area contributed by atoms with Crippen molar-refractivity contribution < 1.29 is 23.4 Å². The maximum absolute atomic E-state index is 13.7. The number of halogens is 1. The molecular weight excluding hydrogens is 265 g/mol. The molecule has 1 rings (SSSR count). The van der Waals surface area contributed by atoms with Crippen molar-refractivity contribution in [2.24, 2.45) is 0 Å². The van der Waals surface area contributed by atoms with E-state index in [9.17, 15) is 9.18 Å². The number of methoxy groups -OCH3 is 1. The van der Waals surface area contributed by atoms with Crippen LogP contribution >= 0.6 is 0 Å². The van der Waals surface area contributed by atoms with Gasteiger partial charge >= 0.3 is 0 Å². The van der Waals surface area contributed by atoms with Crippen LogP contribution in [0.5, 0.6) is 5.75 Å². The molecule has 5 nitrogen and oxygen atoms in total. The van der Waals surface area contributed by atoms with Gasteiger partial charge in [-0.25, -0.2) is 4.39 Å². The molecule has 0 aliphatic rings. The molecule has 0 saturated carbocycles. The Morgan fingerprint density at radius 3 is 2.45 bits per heavy atom. The highest BCUT2D eigenvalue weighted by molar-refractivity contribution is 5.94. The maximum atomic E-state index is 13.7. The van der Waals surface area contributed by atoms with Gasteiger partial charge < -0.3 is 19.5 Å². The highest BCUT2D eigenvalue weighted by Gasteiger charge is 2.15. The Bertz CT molecular complexity index is 433.